The molecule has 0 spiro atoms. The van der Waals surface area contributed by atoms with E-state index in [0.29, 0.717) is 11.3 Å². The zero-order chi connectivity index (χ0) is 26.7. The van der Waals surface area contributed by atoms with Crippen molar-refractivity contribution < 1.29 is 52.8 Å². The molecule has 1 unspecified atom stereocenters. The molecule has 0 bridgehead atoms. The molecular formula is C16H19F6N5O6S2. The van der Waals surface area contributed by atoms with Crippen molar-refractivity contribution in [2.45, 2.75) is 23.5 Å². The van der Waals surface area contributed by atoms with E-state index in [1.165, 1.54) is 18.2 Å². The van der Waals surface area contributed by atoms with Crippen LogP contribution in [0.25, 0.3) is 0 Å². The number of nitrogens with one attached hydrogen (secondary N) is 4. The number of nitrogens with zero attached hydrogens (tertiary/aromatic N) is 1. The molecule has 19 heteroatoms. The van der Waals surface area contributed by atoms with E-state index in [0.717, 1.165) is 14.3 Å². The van der Waals surface area contributed by atoms with Crippen LogP contribution in [0.1, 0.15) is 18.0 Å². The van der Waals surface area contributed by atoms with Crippen LogP contribution >= 0.6 is 0 Å². The SMILES string of the molecule is O=C(CCNc1cccc(C2CN(C(=O)NS(=O)(=O)C(F)(F)F)CCN2)c1)NS(=O)(=O)C(F)(F)F. The number of urea groups is 1. The number of halogens is 6. The third-order valence-corrected chi connectivity index (χ3v) is 6.67. The minimum absolute atomic E-state index is 0.0798. The van der Waals surface area contributed by atoms with Gasteiger partial charge >= 0.3 is 37.1 Å². The van der Waals surface area contributed by atoms with Crippen LogP contribution in [0, 0.1) is 0 Å². The van der Waals surface area contributed by atoms with Gasteiger partial charge < -0.3 is 15.5 Å². The van der Waals surface area contributed by atoms with Crippen molar-refractivity contribution in [3.63, 3.8) is 0 Å². The van der Waals surface area contributed by atoms with Gasteiger partial charge in [-0.05, 0) is 17.7 Å². The van der Waals surface area contributed by atoms with Gasteiger partial charge in [0.15, 0.2) is 0 Å². The molecule has 1 aromatic rings. The van der Waals surface area contributed by atoms with Crippen molar-refractivity contribution in [2.24, 2.45) is 0 Å². The molecule has 11 nitrogen and oxygen atoms in total. The molecule has 0 aliphatic carbocycles. The molecule has 35 heavy (non-hydrogen) atoms. The lowest BCUT2D eigenvalue weighted by atomic mass is 10.0. The summed E-state index contributed by atoms with van der Waals surface area (Å²) in [6, 6.07) is 4.06. The maximum atomic E-state index is 12.5. The summed E-state index contributed by atoms with van der Waals surface area (Å²) >= 11 is 0. The summed E-state index contributed by atoms with van der Waals surface area (Å²) < 4.78 is 120. The van der Waals surface area contributed by atoms with Crippen LogP contribution in [0.3, 0.4) is 0 Å². The maximum absolute atomic E-state index is 12.5. The number of hydrogen-bond donors (Lipinski definition) is 4. The number of benzene rings is 1. The normalized spacial score (nSPS) is 17.5. The second-order valence-electron chi connectivity index (χ2n) is 7.09. The van der Waals surface area contributed by atoms with Crippen LogP contribution in [0.5, 0.6) is 0 Å². The molecule has 1 fully saturated rings. The number of carbonyl (C=O) groups is 2. The standard InChI is InChI=1S/C16H19F6N5O6S2/c17-15(18,19)34(30,31)25-13(28)4-5-23-11-3-1-2-10(8-11)12-9-27(7-6-24-12)14(29)26-35(32,33)16(20,21)22/h1-3,8,12,23-24H,4-7,9H2,(H,25,28)(H,26,29). The summed E-state index contributed by atoms with van der Waals surface area (Å²) in [5, 5.41) is 5.70. The highest BCUT2D eigenvalue weighted by atomic mass is 32.2. The van der Waals surface area contributed by atoms with Gasteiger partial charge in [-0.25, -0.2) is 14.2 Å². The Kier molecular flexibility index (Phi) is 8.48. The van der Waals surface area contributed by atoms with Gasteiger partial charge in [-0.2, -0.15) is 43.2 Å². The number of alkyl halides is 6. The number of anilines is 1. The third-order valence-electron chi connectivity index (χ3n) is 4.51. The summed E-state index contributed by atoms with van der Waals surface area (Å²) in [6.07, 6.45) is -0.622. The first-order valence-electron chi connectivity index (χ1n) is 9.50. The third kappa shape index (κ3) is 7.59. The maximum Gasteiger partial charge on any atom is 0.516 e. The molecule has 1 heterocycles. The Hall–Kier alpha value is -2.80. The molecule has 1 aliphatic rings. The lowest BCUT2D eigenvalue weighted by Gasteiger charge is -2.34. The van der Waals surface area contributed by atoms with Gasteiger partial charge in [0.05, 0.1) is 6.04 Å². The minimum Gasteiger partial charge on any atom is -0.385 e. The van der Waals surface area contributed by atoms with Gasteiger partial charge in [-0.1, -0.05) is 12.1 Å². The fourth-order valence-corrected chi connectivity index (χ4v) is 3.83. The summed E-state index contributed by atoms with van der Waals surface area (Å²) in [7, 11) is -11.7. The average Bonchev–Trinajstić information content (AvgIpc) is 2.72. The average molecular weight is 555 g/mol. The topological polar surface area (TPSA) is 154 Å². The molecule has 0 radical (unpaired) electrons. The van der Waals surface area contributed by atoms with Gasteiger partial charge in [0.1, 0.15) is 0 Å². The summed E-state index contributed by atoms with van der Waals surface area (Å²) in [5.74, 6) is -1.39. The minimum atomic E-state index is -5.88. The molecule has 3 amide bonds. The first-order chi connectivity index (χ1) is 15.9. The number of amides is 3. The fourth-order valence-electron chi connectivity index (χ4n) is 2.84. The summed E-state index contributed by atoms with van der Waals surface area (Å²) in [5.41, 5.74) is -10.4. The molecular weight excluding hydrogens is 536 g/mol. The van der Waals surface area contributed by atoms with Gasteiger partial charge in [-0.15, -0.1) is 0 Å². The van der Waals surface area contributed by atoms with Crippen molar-refractivity contribution in [2.75, 3.05) is 31.5 Å². The van der Waals surface area contributed by atoms with Crippen molar-refractivity contribution in [3.8, 4) is 0 Å². The van der Waals surface area contributed by atoms with Crippen molar-refractivity contribution in [1.82, 2.24) is 19.7 Å². The monoisotopic (exact) mass is 555 g/mol. The van der Waals surface area contributed by atoms with Crippen LogP contribution in [-0.2, 0) is 24.8 Å². The number of carbonyl (C=O) groups excluding carboxylic acids is 2. The molecule has 1 atom stereocenters. The first kappa shape index (κ1) is 28.4. The number of hydrogen-bond acceptors (Lipinski definition) is 8. The Morgan fingerprint density at radius 1 is 1.00 bits per heavy atom. The Labute approximate surface area is 195 Å². The highest BCUT2D eigenvalue weighted by Crippen LogP contribution is 2.24. The van der Waals surface area contributed by atoms with E-state index in [1.807, 2.05) is 0 Å². The van der Waals surface area contributed by atoms with E-state index >= 15 is 0 Å². The fraction of sp³-hybridized carbons (Fsp3) is 0.500. The predicted molar refractivity (Wildman–Crippen MR) is 108 cm³/mol. The number of piperazine rings is 1. The molecule has 1 saturated heterocycles. The quantitative estimate of drug-likeness (QED) is 0.363. The van der Waals surface area contributed by atoms with Gasteiger partial charge in [-0.3, -0.25) is 4.79 Å². The second kappa shape index (κ2) is 10.4. The molecule has 1 aliphatic heterocycles. The van der Waals surface area contributed by atoms with E-state index in [9.17, 15) is 52.8 Å². The Morgan fingerprint density at radius 2 is 1.60 bits per heavy atom. The van der Waals surface area contributed by atoms with Gasteiger partial charge in [0, 0.05) is 38.3 Å². The van der Waals surface area contributed by atoms with Crippen LogP contribution in [0.4, 0.5) is 36.8 Å². The number of rotatable bonds is 7. The van der Waals surface area contributed by atoms with Crippen molar-refractivity contribution >= 4 is 37.7 Å². The smallest absolute Gasteiger partial charge is 0.385 e. The lowest BCUT2D eigenvalue weighted by Crippen LogP contribution is -2.54. The van der Waals surface area contributed by atoms with E-state index < -0.39 is 55.5 Å². The van der Waals surface area contributed by atoms with Crippen molar-refractivity contribution in [1.29, 1.82) is 0 Å². The predicted octanol–water partition coefficient (Wildman–Crippen LogP) is 0.960. The van der Waals surface area contributed by atoms with E-state index in [1.54, 1.807) is 6.07 Å². The largest absolute Gasteiger partial charge is 0.516 e. The van der Waals surface area contributed by atoms with Crippen molar-refractivity contribution in [3.05, 3.63) is 29.8 Å². The van der Waals surface area contributed by atoms with E-state index in [2.05, 4.69) is 10.6 Å². The van der Waals surface area contributed by atoms with Crippen LogP contribution in [-0.4, -0.2) is 70.9 Å². The molecule has 2 rings (SSSR count). The summed E-state index contributed by atoms with van der Waals surface area (Å²) in [4.78, 5) is 24.4. The summed E-state index contributed by atoms with van der Waals surface area (Å²) in [6.45, 7) is -0.399. The van der Waals surface area contributed by atoms with Crippen LogP contribution < -0.4 is 20.1 Å². The van der Waals surface area contributed by atoms with Crippen LogP contribution in [0.15, 0.2) is 24.3 Å². The first-order valence-corrected chi connectivity index (χ1v) is 12.5. The molecule has 1 aromatic carbocycles. The highest BCUT2D eigenvalue weighted by Gasteiger charge is 2.48. The Balaban J connectivity index is 1.96. The zero-order valence-corrected chi connectivity index (χ0v) is 19.0. The Bertz CT molecular complexity index is 1160. The van der Waals surface area contributed by atoms with Gasteiger partial charge in [0.2, 0.25) is 5.91 Å². The molecule has 0 aromatic heterocycles. The molecule has 0 saturated carbocycles. The second-order valence-corrected chi connectivity index (χ2v) is 10.4. The zero-order valence-electron chi connectivity index (χ0n) is 17.4. The lowest BCUT2D eigenvalue weighted by molar-refractivity contribution is -0.119. The molecule has 4 N–H and O–H groups in total. The van der Waals surface area contributed by atoms with Gasteiger partial charge in [0.25, 0.3) is 0 Å². The molecule has 198 valence electrons. The number of sulfonamides is 2. The van der Waals surface area contributed by atoms with E-state index in [-0.39, 0.29) is 26.2 Å². The highest BCUT2D eigenvalue weighted by molar-refractivity contribution is 7.91. The van der Waals surface area contributed by atoms with Crippen LogP contribution in [0.2, 0.25) is 0 Å². The Morgan fingerprint density at radius 3 is 2.20 bits per heavy atom. The van der Waals surface area contributed by atoms with E-state index in [4.69, 9.17) is 0 Å².